The van der Waals surface area contributed by atoms with Crippen molar-refractivity contribution < 1.29 is 19.1 Å². The number of piperazine rings is 1. The van der Waals surface area contributed by atoms with E-state index in [0.29, 0.717) is 31.3 Å². The number of aryl methyl sites for hydroxylation is 1. The van der Waals surface area contributed by atoms with Crippen LogP contribution in [0.1, 0.15) is 31.2 Å². The van der Waals surface area contributed by atoms with Crippen LogP contribution in [0.5, 0.6) is 0 Å². The third-order valence-corrected chi connectivity index (χ3v) is 6.77. The molecule has 1 aromatic rings. The average molecular weight is 461 g/mol. The van der Waals surface area contributed by atoms with Crippen LogP contribution in [-0.2, 0) is 19.1 Å². The SMILES string of the molecule is CN.COC(=O)CC1CC1CN(C)C(=O)CN1CCN(C)C2(CC2)C1=O.Cc1ccccc1. The zero-order valence-electron chi connectivity index (χ0n) is 20.8. The summed E-state index contributed by atoms with van der Waals surface area (Å²) in [6, 6.07) is 10.3. The molecule has 2 N–H and O–H groups in total. The molecule has 184 valence electrons. The van der Waals surface area contributed by atoms with Gasteiger partial charge in [-0.1, -0.05) is 35.9 Å². The molecule has 2 amide bonds. The predicted octanol–water partition coefficient (Wildman–Crippen LogP) is 1.52. The summed E-state index contributed by atoms with van der Waals surface area (Å²) in [6.45, 7) is 4.34. The van der Waals surface area contributed by atoms with Crippen molar-refractivity contribution in [1.29, 1.82) is 0 Å². The van der Waals surface area contributed by atoms with Gasteiger partial charge < -0.3 is 20.3 Å². The van der Waals surface area contributed by atoms with Crippen molar-refractivity contribution in [3.05, 3.63) is 35.9 Å². The standard InChI is InChI=1S/C17H27N3O4.C7H8.CH5N/c1-18(10-13-8-12(13)9-15(22)24-3)14(21)11-20-7-6-19(2)17(4-5-17)16(20)23;1-7-5-3-2-4-6-7;1-2/h12-13H,4-11H2,1-3H3;2-6H,1H3;2H2,1H3. The van der Waals surface area contributed by atoms with Gasteiger partial charge in [0.25, 0.3) is 0 Å². The van der Waals surface area contributed by atoms with Crippen LogP contribution in [-0.4, -0.2) is 92.5 Å². The number of nitrogens with two attached hydrogens (primary N) is 1. The first-order valence-electron chi connectivity index (χ1n) is 11.7. The number of carbonyl (C=O) groups excluding carboxylic acids is 3. The first-order chi connectivity index (χ1) is 15.8. The van der Waals surface area contributed by atoms with Gasteiger partial charge in [-0.2, -0.15) is 0 Å². The largest absolute Gasteiger partial charge is 0.469 e. The lowest BCUT2D eigenvalue weighted by Gasteiger charge is -2.39. The molecule has 1 spiro atoms. The van der Waals surface area contributed by atoms with Crippen molar-refractivity contribution in [2.24, 2.45) is 17.6 Å². The van der Waals surface area contributed by atoms with Gasteiger partial charge in [-0.15, -0.1) is 0 Å². The smallest absolute Gasteiger partial charge is 0.305 e. The van der Waals surface area contributed by atoms with E-state index in [0.717, 1.165) is 25.8 Å². The summed E-state index contributed by atoms with van der Waals surface area (Å²) in [5.41, 5.74) is 5.50. The lowest BCUT2D eigenvalue weighted by atomic mass is 10.1. The maximum absolute atomic E-state index is 12.6. The van der Waals surface area contributed by atoms with Crippen LogP contribution in [0.15, 0.2) is 30.3 Å². The van der Waals surface area contributed by atoms with Gasteiger partial charge in [0.15, 0.2) is 0 Å². The number of amides is 2. The summed E-state index contributed by atoms with van der Waals surface area (Å²) in [4.78, 5) is 41.8. The van der Waals surface area contributed by atoms with Crippen LogP contribution in [0.2, 0.25) is 0 Å². The molecule has 3 fully saturated rings. The number of hydrogen-bond acceptors (Lipinski definition) is 6. The van der Waals surface area contributed by atoms with Crippen molar-refractivity contribution in [1.82, 2.24) is 14.7 Å². The molecule has 2 aliphatic carbocycles. The molecular formula is C25H40N4O4. The van der Waals surface area contributed by atoms with Gasteiger partial charge in [0.05, 0.1) is 13.7 Å². The number of rotatable bonds is 6. The predicted molar refractivity (Wildman–Crippen MR) is 128 cm³/mol. The van der Waals surface area contributed by atoms with E-state index in [1.165, 1.54) is 19.7 Å². The Kier molecular flexibility index (Phi) is 9.86. The van der Waals surface area contributed by atoms with Gasteiger partial charge in [-0.3, -0.25) is 19.3 Å². The molecule has 1 aliphatic heterocycles. The number of esters is 1. The molecule has 0 bridgehead atoms. The van der Waals surface area contributed by atoms with Crippen LogP contribution in [0, 0.1) is 18.8 Å². The molecule has 1 saturated heterocycles. The molecule has 2 saturated carbocycles. The first-order valence-corrected chi connectivity index (χ1v) is 11.7. The molecule has 1 aromatic carbocycles. The molecule has 0 radical (unpaired) electrons. The highest BCUT2D eigenvalue weighted by atomic mass is 16.5. The Balaban J connectivity index is 0.000000362. The monoisotopic (exact) mass is 460 g/mol. The zero-order chi connectivity index (χ0) is 24.6. The van der Waals surface area contributed by atoms with Gasteiger partial charge >= 0.3 is 5.97 Å². The minimum atomic E-state index is -0.320. The highest BCUT2D eigenvalue weighted by Crippen LogP contribution is 2.44. The van der Waals surface area contributed by atoms with Gasteiger partial charge in [-0.05, 0) is 52.1 Å². The van der Waals surface area contributed by atoms with E-state index in [4.69, 9.17) is 0 Å². The lowest BCUT2D eigenvalue weighted by molar-refractivity contribution is -0.148. The van der Waals surface area contributed by atoms with E-state index in [1.807, 2.05) is 25.2 Å². The Bertz CT molecular complexity index is 797. The van der Waals surface area contributed by atoms with Crippen molar-refractivity contribution in [3.63, 3.8) is 0 Å². The second-order valence-electron chi connectivity index (χ2n) is 9.14. The fraction of sp³-hybridized carbons (Fsp3) is 0.640. The lowest BCUT2D eigenvalue weighted by Crippen LogP contribution is -2.59. The molecule has 2 unspecified atom stereocenters. The summed E-state index contributed by atoms with van der Waals surface area (Å²) in [5, 5.41) is 0. The topological polar surface area (TPSA) is 96.2 Å². The second kappa shape index (κ2) is 12.1. The Morgan fingerprint density at radius 3 is 2.30 bits per heavy atom. The van der Waals surface area contributed by atoms with Crippen molar-refractivity contribution in [2.75, 3.05) is 54.4 Å². The van der Waals surface area contributed by atoms with Crippen LogP contribution in [0.25, 0.3) is 0 Å². The number of carbonyl (C=O) groups is 3. The fourth-order valence-corrected chi connectivity index (χ4v) is 4.26. The van der Waals surface area contributed by atoms with Crippen molar-refractivity contribution >= 4 is 17.8 Å². The number of benzene rings is 1. The molecule has 3 aliphatic rings. The van der Waals surface area contributed by atoms with Crippen LogP contribution in [0.3, 0.4) is 0 Å². The summed E-state index contributed by atoms with van der Waals surface area (Å²) in [7, 11) is 6.67. The van der Waals surface area contributed by atoms with E-state index < -0.39 is 0 Å². The molecule has 0 aromatic heterocycles. The minimum Gasteiger partial charge on any atom is -0.469 e. The van der Waals surface area contributed by atoms with Gasteiger partial charge in [0, 0.05) is 33.1 Å². The van der Waals surface area contributed by atoms with Gasteiger partial charge in [0.1, 0.15) is 5.54 Å². The summed E-state index contributed by atoms with van der Waals surface area (Å²) < 4.78 is 4.68. The molecule has 4 rings (SSSR count). The summed E-state index contributed by atoms with van der Waals surface area (Å²) >= 11 is 0. The Labute approximate surface area is 198 Å². The highest BCUT2D eigenvalue weighted by Gasteiger charge is 2.57. The zero-order valence-corrected chi connectivity index (χ0v) is 20.8. The van der Waals surface area contributed by atoms with Crippen LogP contribution >= 0.6 is 0 Å². The van der Waals surface area contributed by atoms with Crippen molar-refractivity contribution in [2.45, 2.75) is 38.1 Å². The number of nitrogens with zero attached hydrogens (tertiary/aromatic N) is 3. The van der Waals surface area contributed by atoms with Crippen molar-refractivity contribution in [3.8, 4) is 0 Å². The maximum atomic E-state index is 12.6. The molecule has 1 heterocycles. The van der Waals surface area contributed by atoms with Gasteiger partial charge in [-0.25, -0.2) is 0 Å². The average Bonchev–Trinajstić information content (AvgIpc) is 3.74. The van der Waals surface area contributed by atoms with Gasteiger partial charge in [0.2, 0.25) is 11.8 Å². The quantitative estimate of drug-likeness (QED) is 0.647. The Morgan fingerprint density at radius 2 is 1.79 bits per heavy atom. The maximum Gasteiger partial charge on any atom is 0.305 e. The van der Waals surface area contributed by atoms with E-state index >= 15 is 0 Å². The summed E-state index contributed by atoms with van der Waals surface area (Å²) in [5.74, 6) is 0.596. The van der Waals surface area contributed by atoms with Crippen LogP contribution < -0.4 is 5.73 Å². The second-order valence-corrected chi connectivity index (χ2v) is 9.14. The first kappa shape index (κ1) is 26.8. The highest BCUT2D eigenvalue weighted by molar-refractivity contribution is 5.93. The number of ether oxygens (including phenoxy) is 1. The normalized spacial score (nSPS) is 22.4. The Morgan fingerprint density at radius 1 is 1.15 bits per heavy atom. The molecular weight excluding hydrogens is 420 g/mol. The van der Waals surface area contributed by atoms with E-state index in [-0.39, 0.29) is 29.9 Å². The van der Waals surface area contributed by atoms with E-state index in [1.54, 1.807) is 16.8 Å². The van der Waals surface area contributed by atoms with E-state index in [2.05, 4.69) is 34.4 Å². The molecule has 33 heavy (non-hydrogen) atoms. The molecule has 2 atom stereocenters. The third kappa shape index (κ3) is 7.27. The summed E-state index contributed by atoms with van der Waals surface area (Å²) in [6.07, 6.45) is 3.20. The van der Waals surface area contributed by atoms with Crippen LogP contribution in [0.4, 0.5) is 0 Å². The van der Waals surface area contributed by atoms with E-state index in [9.17, 15) is 14.4 Å². The fourth-order valence-electron chi connectivity index (χ4n) is 4.26. The number of likely N-dealkylation sites (N-methyl/N-ethyl adjacent to an activating group) is 2. The third-order valence-electron chi connectivity index (χ3n) is 6.77. The molecule has 8 nitrogen and oxygen atoms in total. The number of hydrogen-bond donors (Lipinski definition) is 1. The molecule has 8 heteroatoms. The minimum absolute atomic E-state index is 0.0209. The Hall–Kier alpha value is -2.45. The number of methoxy groups -OCH3 is 1.